The van der Waals surface area contributed by atoms with Crippen LogP contribution in [0.1, 0.15) is 18.3 Å². The highest BCUT2D eigenvalue weighted by molar-refractivity contribution is 14.2. The molecule has 17 heavy (non-hydrogen) atoms. The first-order valence-corrected chi connectivity index (χ1v) is 7.38. The number of hydrogen-bond acceptors (Lipinski definition) is 3. The van der Waals surface area contributed by atoms with Gasteiger partial charge in [0.1, 0.15) is 17.1 Å². The Morgan fingerprint density at radius 3 is 2.82 bits per heavy atom. The molecule has 0 atom stereocenters. The molecular formula is C12H12IN3O. The highest BCUT2D eigenvalue weighted by Crippen LogP contribution is 2.23. The SMILES string of the molecule is C=Cc1nn(C2=C(O)I=CC=C2)nc1/C=C\C. The van der Waals surface area contributed by atoms with Gasteiger partial charge in [0.25, 0.3) is 0 Å². The Balaban J connectivity index is 2.51. The Bertz CT molecular complexity index is 564. The molecule has 0 unspecified atom stereocenters. The number of aromatic nitrogens is 3. The normalized spacial score (nSPS) is 15.4. The monoisotopic (exact) mass is 341 g/mol. The van der Waals surface area contributed by atoms with Crippen LogP contribution in [0.15, 0.2) is 28.6 Å². The van der Waals surface area contributed by atoms with Crippen molar-refractivity contribution in [2.45, 2.75) is 6.92 Å². The van der Waals surface area contributed by atoms with Crippen molar-refractivity contribution in [1.82, 2.24) is 15.0 Å². The van der Waals surface area contributed by atoms with Crippen LogP contribution in [0.25, 0.3) is 17.8 Å². The molecule has 0 fully saturated rings. The van der Waals surface area contributed by atoms with Gasteiger partial charge in [0.15, 0.2) is 3.77 Å². The second-order valence-corrected chi connectivity index (χ2v) is 5.60. The fourth-order valence-corrected chi connectivity index (χ4v) is 2.83. The van der Waals surface area contributed by atoms with Crippen LogP contribution in [0.2, 0.25) is 0 Å². The second kappa shape index (κ2) is 5.22. The average molecular weight is 341 g/mol. The lowest BCUT2D eigenvalue weighted by Gasteiger charge is -2.03. The number of aliphatic hydroxyl groups excluding tert-OH is 1. The summed E-state index contributed by atoms with van der Waals surface area (Å²) in [5, 5.41) is 18.4. The van der Waals surface area contributed by atoms with Crippen molar-refractivity contribution in [3.8, 4) is 0 Å². The first-order valence-electron chi connectivity index (χ1n) is 5.05. The third-order valence-electron chi connectivity index (χ3n) is 2.11. The van der Waals surface area contributed by atoms with Crippen LogP contribution in [0.4, 0.5) is 0 Å². The molecule has 0 saturated carbocycles. The first kappa shape index (κ1) is 12.0. The first-order chi connectivity index (χ1) is 8.26. The van der Waals surface area contributed by atoms with Crippen molar-refractivity contribution in [3.63, 3.8) is 0 Å². The van der Waals surface area contributed by atoms with E-state index in [1.54, 1.807) is 6.08 Å². The van der Waals surface area contributed by atoms with Crippen LogP contribution in [0.5, 0.6) is 0 Å². The molecule has 1 N–H and O–H groups in total. The molecule has 1 aromatic rings. The van der Waals surface area contributed by atoms with E-state index in [0.717, 1.165) is 5.69 Å². The minimum Gasteiger partial charge on any atom is -0.501 e. The Kier molecular flexibility index (Phi) is 3.68. The van der Waals surface area contributed by atoms with Crippen LogP contribution in [-0.4, -0.2) is 24.1 Å². The lowest BCUT2D eigenvalue weighted by molar-refractivity contribution is 0.462. The molecule has 2 heterocycles. The number of nitrogens with zero attached hydrogens (tertiary/aromatic N) is 3. The summed E-state index contributed by atoms with van der Waals surface area (Å²) in [5.74, 6) is 0. The van der Waals surface area contributed by atoms with E-state index in [0.29, 0.717) is 15.2 Å². The summed E-state index contributed by atoms with van der Waals surface area (Å²) in [6.45, 7) is 5.63. The van der Waals surface area contributed by atoms with Crippen LogP contribution >= 0.6 is 20.7 Å². The van der Waals surface area contributed by atoms with Crippen molar-refractivity contribution in [1.29, 1.82) is 0 Å². The highest BCUT2D eigenvalue weighted by atomic mass is 127. The van der Waals surface area contributed by atoms with E-state index in [4.69, 9.17) is 0 Å². The van der Waals surface area contributed by atoms with Gasteiger partial charge in [0, 0.05) is 0 Å². The Morgan fingerprint density at radius 2 is 2.18 bits per heavy atom. The van der Waals surface area contributed by atoms with Gasteiger partial charge in [-0.15, -0.1) is 15.0 Å². The summed E-state index contributed by atoms with van der Waals surface area (Å²) < 4.78 is 2.37. The summed E-state index contributed by atoms with van der Waals surface area (Å²) in [6, 6.07) is 0. The number of hydrogen-bond donors (Lipinski definition) is 1. The molecular weight excluding hydrogens is 329 g/mol. The van der Waals surface area contributed by atoms with Gasteiger partial charge in [0.2, 0.25) is 0 Å². The van der Waals surface area contributed by atoms with Crippen molar-refractivity contribution >= 4 is 42.6 Å². The van der Waals surface area contributed by atoms with Gasteiger partial charge in [-0.1, -0.05) is 18.7 Å². The second-order valence-electron chi connectivity index (χ2n) is 3.23. The number of aliphatic hydroxyl groups is 1. The zero-order chi connectivity index (χ0) is 12.3. The van der Waals surface area contributed by atoms with E-state index in [1.807, 2.05) is 35.2 Å². The molecule has 0 bridgehead atoms. The zero-order valence-electron chi connectivity index (χ0n) is 9.34. The average Bonchev–Trinajstić information content (AvgIpc) is 2.73. The van der Waals surface area contributed by atoms with Crippen molar-refractivity contribution in [2.24, 2.45) is 0 Å². The van der Waals surface area contributed by atoms with Crippen LogP contribution in [0.3, 0.4) is 0 Å². The summed E-state index contributed by atoms with van der Waals surface area (Å²) in [4.78, 5) is 1.46. The third kappa shape index (κ3) is 2.44. The van der Waals surface area contributed by atoms with Gasteiger partial charge in [-0.2, -0.15) is 0 Å². The smallest absolute Gasteiger partial charge is 0.175 e. The predicted octanol–water partition coefficient (Wildman–Crippen LogP) is 2.98. The van der Waals surface area contributed by atoms with Crippen molar-refractivity contribution in [3.05, 3.63) is 40.0 Å². The third-order valence-corrected chi connectivity index (χ3v) is 4.02. The summed E-state index contributed by atoms with van der Waals surface area (Å²) in [5.41, 5.74) is 2.12. The largest absolute Gasteiger partial charge is 0.501 e. The topological polar surface area (TPSA) is 50.9 Å². The Hall–Kier alpha value is -1.50. The van der Waals surface area contributed by atoms with E-state index in [2.05, 4.69) is 16.8 Å². The summed E-state index contributed by atoms with van der Waals surface area (Å²) >= 11 is -0.449. The summed E-state index contributed by atoms with van der Waals surface area (Å²) in [7, 11) is 0. The standard InChI is InChI=1S/C12H12IN3O/c1-3-6-10-9(4-2)14-16(15-10)11-7-5-8-13-12(11)17/h3-8,17H,2H2,1H3/b6-3-. The van der Waals surface area contributed by atoms with Crippen LogP contribution in [0, 0.1) is 0 Å². The fourth-order valence-electron chi connectivity index (χ4n) is 1.36. The lowest BCUT2D eigenvalue weighted by Crippen LogP contribution is -2.03. The predicted molar refractivity (Wildman–Crippen MR) is 79.9 cm³/mol. The minimum absolute atomic E-state index is 0.379. The minimum atomic E-state index is -0.449. The molecule has 0 aliphatic carbocycles. The van der Waals surface area contributed by atoms with Gasteiger partial charge in [-0.05, 0) is 49.9 Å². The zero-order valence-corrected chi connectivity index (χ0v) is 11.5. The maximum Gasteiger partial charge on any atom is 0.175 e. The molecule has 0 radical (unpaired) electrons. The molecule has 1 aromatic heterocycles. The Labute approximate surface area is 109 Å². The van der Waals surface area contributed by atoms with E-state index < -0.39 is 20.7 Å². The van der Waals surface area contributed by atoms with E-state index in [9.17, 15) is 5.11 Å². The highest BCUT2D eigenvalue weighted by Gasteiger charge is 2.11. The molecule has 1 aliphatic rings. The molecule has 1 aliphatic heterocycles. The molecule has 4 nitrogen and oxygen atoms in total. The number of halogens is 1. The van der Waals surface area contributed by atoms with E-state index in [-0.39, 0.29) is 0 Å². The van der Waals surface area contributed by atoms with Crippen LogP contribution < -0.4 is 0 Å². The quantitative estimate of drug-likeness (QED) is 0.860. The molecule has 0 amide bonds. The van der Waals surface area contributed by atoms with Crippen molar-refractivity contribution < 1.29 is 5.11 Å². The van der Waals surface area contributed by atoms with E-state index >= 15 is 0 Å². The molecule has 0 aromatic carbocycles. The van der Waals surface area contributed by atoms with Crippen molar-refractivity contribution in [2.75, 3.05) is 0 Å². The van der Waals surface area contributed by atoms with Gasteiger partial charge >= 0.3 is 0 Å². The Morgan fingerprint density at radius 1 is 1.41 bits per heavy atom. The molecule has 2 rings (SSSR count). The lowest BCUT2D eigenvalue weighted by atomic mass is 10.3. The maximum absolute atomic E-state index is 9.83. The molecule has 0 spiro atoms. The molecule has 5 heteroatoms. The number of allylic oxidation sites excluding steroid dienone is 4. The fraction of sp³-hybridized carbons (Fsp3) is 0.0833. The van der Waals surface area contributed by atoms with Gasteiger partial charge in [-0.25, -0.2) is 0 Å². The van der Waals surface area contributed by atoms with Gasteiger partial charge in [-0.3, -0.25) is 0 Å². The van der Waals surface area contributed by atoms with Crippen LogP contribution in [-0.2, 0) is 0 Å². The molecule has 88 valence electrons. The van der Waals surface area contributed by atoms with Gasteiger partial charge < -0.3 is 5.11 Å². The molecule has 0 saturated heterocycles. The van der Waals surface area contributed by atoms with E-state index in [1.165, 1.54) is 4.80 Å². The number of rotatable bonds is 3. The van der Waals surface area contributed by atoms with Gasteiger partial charge in [0.05, 0.1) is 0 Å². The maximum atomic E-state index is 9.83. The summed E-state index contributed by atoms with van der Waals surface area (Å²) in [6.07, 6.45) is 9.16.